The number of rotatable bonds is 5. The summed E-state index contributed by atoms with van der Waals surface area (Å²) in [7, 11) is 0. The maximum atomic E-state index is 7.12. The first-order valence-corrected chi connectivity index (χ1v) is 6.31. The van der Waals surface area contributed by atoms with Gasteiger partial charge in [0.15, 0.2) is 5.96 Å². The smallest absolute Gasteiger partial charge is 0.190 e. The number of nitrogens with two attached hydrogens (primary N) is 1. The third-order valence-electron chi connectivity index (χ3n) is 3.03. The Morgan fingerprint density at radius 3 is 2.83 bits per heavy atom. The van der Waals surface area contributed by atoms with Crippen LogP contribution in [0.5, 0.6) is 5.75 Å². The largest absolute Gasteiger partial charge is 0.494 e. The van der Waals surface area contributed by atoms with Crippen molar-refractivity contribution in [2.24, 2.45) is 5.73 Å². The zero-order valence-electron chi connectivity index (χ0n) is 10.4. The standard InChI is InChI=1S/C13H20N4O/c14-13(15)17-11-3-5-12(6-4-11)18-9-7-10-2-1-8-16-10/h3-6,10,16H,1-2,7-9H2,(H4,14,15,17). The molecule has 0 bridgehead atoms. The van der Waals surface area contributed by atoms with Crippen LogP contribution in [0.25, 0.3) is 0 Å². The second-order valence-electron chi connectivity index (χ2n) is 4.49. The number of hydrogen-bond donors (Lipinski definition) is 4. The van der Waals surface area contributed by atoms with Crippen molar-refractivity contribution >= 4 is 11.6 Å². The topological polar surface area (TPSA) is 83.2 Å². The average Bonchev–Trinajstić information content (AvgIpc) is 2.84. The minimum Gasteiger partial charge on any atom is -0.494 e. The van der Waals surface area contributed by atoms with E-state index in [9.17, 15) is 0 Å². The van der Waals surface area contributed by atoms with E-state index < -0.39 is 0 Å². The normalized spacial score (nSPS) is 18.6. The van der Waals surface area contributed by atoms with E-state index in [1.165, 1.54) is 12.8 Å². The third kappa shape index (κ3) is 3.92. The van der Waals surface area contributed by atoms with Crippen LogP contribution in [0.2, 0.25) is 0 Å². The van der Waals surface area contributed by atoms with Crippen molar-refractivity contribution < 1.29 is 4.74 Å². The van der Waals surface area contributed by atoms with E-state index in [2.05, 4.69) is 10.6 Å². The summed E-state index contributed by atoms with van der Waals surface area (Å²) in [5.74, 6) is 0.790. The minimum atomic E-state index is -0.0593. The Bertz CT molecular complexity index is 384. The fraction of sp³-hybridized carbons (Fsp3) is 0.462. The summed E-state index contributed by atoms with van der Waals surface area (Å²) in [6.07, 6.45) is 3.58. The molecule has 0 saturated carbocycles. The lowest BCUT2D eigenvalue weighted by molar-refractivity contribution is 0.292. The predicted molar refractivity (Wildman–Crippen MR) is 73.1 cm³/mol. The number of ether oxygens (including phenoxy) is 1. The predicted octanol–water partition coefficient (Wildman–Crippen LogP) is 1.51. The van der Waals surface area contributed by atoms with E-state index in [1.807, 2.05) is 24.3 Å². The third-order valence-corrected chi connectivity index (χ3v) is 3.03. The average molecular weight is 248 g/mol. The van der Waals surface area contributed by atoms with Crippen LogP contribution in [0, 0.1) is 5.41 Å². The molecule has 2 rings (SSSR count). The van der Waals surface area contributed by atoms with Gasteiger partial charge < -0.3 is 21.1 Å². The molecule has 1 heterocycles. The van der Waals surface area contributed by atoms with Gasteiger partial charge in [-0.05, 0) is 50.1 Å². The molecular weight excluding hydrogens is 228 g/mol. The van der Waals surface area contributed by atoms with E-state index in [-0.39, 0.29) is 5.96 Å². The van der Waals surface area contributed by atoms with Crippen LogP contribution < -0.4 is 21.1 Å². The fourth-order valence-corrected chi connectivity index (χ4v) is 2.11. The van der Waals surface area contributed by atoms with Crippen molar-refractivity contribution in [3.63, 3.8) is 0 Å². The highest BCUT2D eigenvalue weighted by atomic mass is 16.5. The molecule has 1 aliphatic heterocycles. The van der Waals surface area contributed by atoms with Gasteiger partial charge in [-0.2, -0.15) is 0 Å². The van der Waals surface area contributed by atoms with Gasteiger partial charge in [-0.15, -0.1) is 0 Å². The Morgan fingerprint density at radius 2 is 2.22 bits per heavy atom. The van der Waals surface area contributed by atoms with Gasteiger partial charge in [0.25, 0.3) is 0 Å². The van der Waals surface area contributed by atoms with Crippen LogP contribution in [0.3, 0.4) is 0 Å². The highest BCUT2D eigenvalue weighted by molar-refractivity contribution is 5.89. The number of anilines is 1. The second-order valence-corrected chi connectivity index (χ2v) is 4.49. The van der Waals surface area contributed by atoms with Gasteiger partial charge in [-0.25, -0.2) is 0 Å². The molecule has 1 aromatic carbocycles. The highest BCUT2D eigenvalue weighted by Gasteiger charge is 2.13. The van der Waals surface area contributed by atoms with Crippen LogP contribution >= 0.6 is 0 Å². The van der Waals surface area contributed by atoms with Gasteiger partial charge in [-0.1, -0.05) is 0 Å². The summed E-state index contributed by atoms with van der Waals surface area (Å²) >= 11 is 0. The molecule has 0 radical (unpaired) electrons. The van der Waals surface area contributed by atoms with Crippen LogP contribution in [0.1, 0.15) is 19.3 Å². The lowest BCUT2D eigenvalue weighted by Crippen LogP contribution is -2.23. The molecule has 0 aliphatic carbocycles. The van der Waals surface area contributed by atoms with Crippen LogP contribution in [0.15, 0.2) is 24.3 Å². The summed E-state index contributed by atoms with van der Waals surface area (Å²) in [6, 6.07) is 8.08. The summed E-state index contributed by atoms with van der Waals surface area (Å²) in [4.78, 5) is 0. The molecule has 5 N–H and O–H groups in total. The van der Waals surface area contributed by atoms with Gasteiger partial charge in [0.05, 0.1) is 6.61 Å². The van der Waals surface area contributed by atoms with E-state index in [4.69, 9.17) is 15.9 Å². The van der Waals surface area contributed by atoms with Gasteiger partial charge in [-0.3, -0.25) is 5.41 Å². The Labute approximate surface area is 107 Å². The monoisotopic (exact) mass is 248 g/mol. The summed E-state index contributed by atoms with van der Waals surface area (Å²) in [5, 5.41) is 13.3. The SMILES string of the molecule is N=C(N)Nc1ccc(OCCC2CCCN2)cc1. The first-order valence-electron chi connectivity index (χ1n) is 6.31. The Morgan fingerprint density at radius 1 is 1.44 bits per heavy atom. The minimum absolute atomic E-state index is 0.0593. The molecule has 18 heavy (non-hydrogen) atoms. The maximum Gasteiger partial charge on any atom is 0.190 e. The Kier molecular flexibility index (Phi) is 4.41. The summed E-state index contributed by atoms with van der Waals surface area (Å²) < 4.78 is 5.68. The second kappa shape index (κ2) is 6.26. The number of benzene rings is 1. The Balaban J connectivity index is 1.73. The van der Waals surface area contributed by atoms with Gasteiger partial charge in [0, 0.05) is 11.7 Å². The van der Waals surface area contributed by atoms with Crippen molar-refractivity contribution in [2.45, 2.75) is 25.3 Å². The summed E-state index contributed by atoms with van der Waals surface area (Å²) in [5.41, 5.74) is 6.04. The zero-order valence-corrected chi connectivity index (χ0v) is 10.4. The molecule has 0 aromatic heterocycles. The number of guanidine groups is 1. The first-order chi connectivity index (χ1) is 8.74. The molecule has 1 atom stereocenters. The quantitative estimate of drug-likeness (QED) is 0.470. The molecular formula is C13H20N4O. The molecule has 1 aliphatic rings. The molecule has 5 nitrogen and oxygen atoms in total. The van der Waals surface area contributed by atoms with Crippen molar-refractivity contribution in [1.82, 2.24) is 5.32 Å². The molecule has 0 spiro atoms. The van der Waals surface area contributed by atoms with Crippen LogP contribution in [-0.2, 0) is 0 Å². The van der Waals surface area contributed by atoms with Crippen molar-refractivity contribution in [3.8, 4) is 5.75 Å². The van der Waals surface area contributed by atoms with E-state index >= 15 is 0 Å². The molecule has 98 valence electrons. The Hall–Kier alpha value is -1.75. The maximum absolute atomic E-state index is 7.12. The molecule has 1 aromatic rings. The molecule has 0 amide bonds. The molecule has 1 fully saturated rings. The summed E-state index contributed by atoms with van der Waals surface area (Å²) in [6.45, 7) is 1.87. The molecule has 1 unspecified atom stereocenters. The van der Waals surface area contributed by atoms with E-state index in [0.717, 1.165) is 31.0 Å². The lowest BCUT2D eigenvalue weighted by Gasteiger charge is -2.11. The number of nitrogens with one attached hydrogen (secondary N) is 3. The van der Waals surface area contributed by atoms with Crippen molar-refractivity contribution in [2.75, 3.05) is 18.5 Å². The van der Waals surface area contributed by atoms with Crippen LogP contribution in [0.4, 0.5) is 5.69 Å². The van der Waals surface area contributed by atoms with Crippen molar-refractivity contribution in [1.29, 1.82) is 5.41 Å². The molecule has 5 heteroatoms. The van der Waals surface area contributed by atoms with Crippen molar-refractivity contribution in [3.05, 3.63) is 24.3 Å². The van der Waals surface area contributed by atoms with E-state index in [0.29, 0.717) is 6.04 Å². The van der Waals surface area contributed by atoms with Crippen LogP contribution in [-0.4, -0.2) is 25.2 Å². The van der Waals surface area contributed by atoms with Gasteiger partial charge in [0.2, 0.25) is 0 Å². The van der Waals surface area contributed by atoms with Gasteiger partial charge >= 0.3 is 0 Å². The fourth-order valence-electron chi connectivity index (χ4n) is 2.11. The first kappa shape index (κ1) is 12.7. The number of hydrogen-bond acceptors (Lipinski definition) is 3. The molecule has 1 saturated heterocycles. The lowest BCUT2D eigenvalue weighted by atomic mass is 10.2. The van der Waals surface area contributed by atoms with E-state index in [1.54, 1.807) is 0 Å². The van der Waals surface area contributed by atoms with Gasteiger partial charge in [0.1, 0.15) is 5.75 Å². The highest BCUT2D eigenvalue weighted by Crippen LogP contribution is 2.16. The zero-order chi connectivity index (χ0) is 12.8.